The highest BCUT2D eigenvalue weighted by molar-refractivity contribution is 6.01. The van der Waals surface area contributed by atoms with Crippen LogP contribution in [0.5, 0.6) is 0 Å². The lowest BCUT2D eigenvalue weighted by molar-refractivity contribution is -0.126. The number of halogens is 1. The lowest BCUT2D eigenvalue weighted by Crippen LogP contribution is -2.36. The maximum Gasteiger partial charge on any atom is 0.228 e. The van der Waals surface area contributed by atoms with Crippen LogP contribution < -0.4 is 10.6 Å². The van der Waals surface area contributed by atoms with Crippen molar-refractivity contribution >= 4 is 17.5 Å². The average molecular weight is 302 g/mol. The van der Waals surface area contributed by atoms with Gasteiger partial charge in [0.15, 0.2) is 0 Å². The van der Waals surface area contributed by atoms with Gasteiger partial charge in [-0.3, -0.25) is 9.59 Å². The third-order valence-electron chi connectivity index (χ3n) is 4.24. The molecule has 1 aliphatic carbocycles. The van der Waals surface area contributed by atoms with Crippen LogP contribution in [0.15, 0.2) is 29.8 Å². The van der Waals surface area contributed by atoms with Crippen LogP contribution in [0.2, 0.25) is 0 Å². The van der Waals surface area contributed by atoms with Crippen LogP contribution in [0.3, 0.4) is 0 Å². The van der Waals surface area contributed by atoms with E-state index in [0.717, 1.165) is 19.3 Å². The summed E-state index contributed by atoms with van der Waals surface area (Å²) < 4.78 is 13.5. The third-order valence-corrected chi connectivity index (χ3v) is 4.24. The lowest BCUT2D eigenvalue weighted by Gasteiger charge is -2.25. The first-order valence-corrected chi connectivity index (χ1v) is 7.68. The molecule has 1 aromatic rings. The van der Waals surface area contributed by atoms with Crippen LogP contribution in [0.4, 0.5) is 10.1 Å². The van der Waals surface area contributed by atoms with Gasteiger partial charge in [0, 0.05) is 18.7 Å². The number of rotatable bonds is 3. The Morgan fingerprint density at radius 3 is 3.00 bits per heavy atom. The summed E-state index contributed by atoms with van der Waals surface area (Å²) in [6.07, 6.45) is 6.66. The normalized spacial score (nSPS) is 20.7. The topological polar surface area (TPSA) is 58.2 Å². The van der Waals surface area contributed by atoms with E-state index in [4.69, 9.17) is 0 Å². The number of hydrogen-bond acceptors (Lipinski definition) is 2. The zero-order chi connectivity index (χ0) is 15.5. The Balaban J connectivity index is 1.73. The Kier molecular flexibility index (Phi) is 4.22. The van der Waals surface area contributed by atoms with E-state index >= 15 is 0 Å². The zero-order valence-electron chi connectivity index (χ0n) is 12.3. The SMILES string of the molecule is O=C1CC(C(=O)NCC2=CCCCC2)c2cc(F)ccc2N1. The van der Waals surface area contributed by atoms with Gasteiger partial charge in [-0.15, -0.1) is 0 Å². The van der Waals surface area contributed by atoms with Crippen molar-refractivity contribution in [1.29, 1.82) is 0 Å². The smallest absolute Gasteiger partial charge is 0.228 e. The second kappa shape index (κ2) is 6.30. The molecular weight excluding hydrogens is 283 g/mol. The van der Waals surface area contributed by atoms with Crippen LogP contribution in [0.1, 0.15) is 43.6 Å². The van der Waals surface area contributed by atoms with Crippen molar-refractivity contribution in [2.24, 2.45) is 0 Å². The summed E-state index contributed by atoms with van der Waals surface area (Å²) in [6, 6.07) is 4.12. The number of hydrogen-bond donors (Lipinski definition) is 2. The fourth-order valence-electron chi connectivity index (χ4n) is 3.06. The van der Waals surface area contributed by atoms with Crippen molar-refractivity contribution in [3.63, 3.8) is 0 Å². The van der Waals surface area contributed by atoms with E-state index < -0.39 is 11.7 Å². The highest BCUT2D eigenvalue weighted by Gasteiger charge is 2.31. The van der Waals surface area contributed by atoms with Crippen molar-refractivity contribution in [2.45, 2.75) is 38.0 Å². The molecule has 0 saturated heterocycles. The van der Waals surface area contributed by atoms with Crippen molar-refractivity contribution in [3.8, 4) is 0 Å². The number of allylic oxidation sites excluding steroid dienone is 1. The Morgan fingerprint density at radius 2 is 2.23 bits per heavy atom. The van der Waals surface area contributed by atoms with Crippen LogP contribution in [0.25, 0.3) is 0 Å². The quantitative estimate of drug-likeness (QED) is 0.844. The van der Waals surface area contributed by atoms with Crippen molar-refractivity contribution in [2.75, 3.05) is 11.9 Å². The molecule has 4 nitrogen and oxygen atoms in total. The summed E-state index contributed by atoms with van der Waals surface area (Å²) in [7, 11) is 0. The summed E-state index contributed by atoms with van der Waals surface area (Å²) in [5, 5.41) is 5.57. The fourth-order valence-corrected chi connectivity index (χ4v) is 3.06. The highest BCUT2D eigenvalue weighted by Crippen LogP contribution is 2.33. The summed E-state index contributed by atoms with van der Waals surface area (Å²) >= 11 is 0. The molecule has 0 bridgehead atoms. The number of carbonyl (C=O) groups excluding carboxylic acids is 2. The van der Waals surface area contributed by atoms with E-state index in [-0.39, 0.29) is 18.2 Å². The monoisotopic (exact) mass is 302 g/mol. The number of benzene rings is 1. The molecule has 3 rings (SSSR count). The van der Waals surface area contributed by atoms with Crippen molar-refractivity contribution < 1.29 is 14.0 Å². The van der Waals surface area contributed by atoms with Gasteiger partial charge in [-0.05, 0) is 49.4 Å². The average Bonchev–Trinajstić information content (AvgIpc) is 2.53. The molecular formula is C17H19FN2O2. The molecule has 1 unspecified atom stereocenters. The minimum absolute atomic E-state index is 0.0569. The van der Waals surface area contributed by atoms with Gasteiger partial charge in [0.2, 0.25) is 11.8 Å². The molecule has 5 heteroatoms. The molecule has 2 amide bonds. The largest absolute Gasteiger partial charge is 0.352 e. The van der Waals surface area contributed by atoms with Gasteiger partial charge in [-0.2, -0.15) is 0 Å². The van der Waals surface area contributed by atoms with E-state index in [2.05, 4.69) is 16.7 Å². The molecule has 0 spiro atoms. The van der Waals surface area contributed by atoms with E-state index in [1.54, 1.807) is 0 Å². The predicted octanol–water partition coefficient (Wildman–Crippen LogP) is 2.87. The molecule has 2 N–H and O–H groups in total. The first-order chi connectivity index (χ1) is 10.6. The summed E-state index contributed by atoms with van der Waals surface area (Å²) in [4.78, 5) is 24.2. The molecule has 1 atom stereocenters. The number of carbonyl (C=O) groups is 2. The summed E-state index contributed by atoms with van der Waals surface area (Å²) in [5.41, 5.74) is 2.31. The van der Waals surface area contributed by atoms with Crippen molar-refractivity contribution in [3.05, 3.63) is 41.2 Å². The van der Waals surface area contributed by atoms with Crippen LogP contribution in [0, 0.1) is 5.82 Å². The van der Waals surface area contributed by atoms with Gasteiger partial charge in [0.1, 0.15) is 5.82 Å². The van der Waals surface area contributed by atoms with Crippen LogP contribution >= 0.6 is 0 Å². The van der Waals surface area contributed by atoms with Crippen molar-refractivity contribution in [1.82, 2.24) is 5.32 Å². The lowest BCUT2D eigenvalue weighted by atomic mass is 9.89. The Hall–Kier alpha value is -2.17. The second-order valence-corrected chi connectivity index (χ2v) is 5.86. The van der Waals surface area contributed by atoms with Gasteiger partial charge < -0.3 is 10.6 Å². The van der Waals surface area contributed by atoms with E-state index in [1.807, 2.05) is 0 Å². The molecule has 1 aromatic carbocycles. The summed E-state index contributed by atoms with van der Waals surface area (Å²) in [6.45, 7) is 0.515. The van der Waals surface area contributed by atoms with E-state index in [1.165, 1.54) is 30.2 Å². The van der Waals surface area contributed by atoms with E-state index in [0.29, 0.717) is 17.8 Å². The highest BCUT2D eigenvalue weighted by atomic mass is 19.1. The Labute approximate surface area is 128 Å². The molecule has 116 valence electrons. The fraction of sp³-hybridized carbons (Fsp3) is 0.412. The maximum atomic E-state index is 13.5. The number of nitrogens with one attached hydrogen (secondary N) is 2. The van der Waals surface area contributed by atoms with Gasteiger partial charge in [-0.1, -0.05) is 11.6 Å². The number of anilines is 1. The molecule has 0 fully saturated rings. The molecule has 22 heavy (non-hydrogen) atoms. The molecule has 0 radical (unpaired) electrons. The van der Waals surface area contributed by atoms with Gasteiger partial charge in [0.25, 0.3) is 0 Å². The maximum absolute atomic E-state index is 13.5. The zero-order valence-corrected chi connectivity index (χ0v) is 12.3. The minimum Gasteiger partial charge on any atom is -0.352 e. The standard InChI is InChI=1S/C17H19FN2O2/c18-12-6-7-15-13(8-12)14(9-16(21)20-15)17(22)19-10-11-4-2-1-3-5-11/h4,6-8,14H,1-3,5,9-10H2,(H,19,22)(H,20,21). The molecule has 1 heterocycles. The van der Waals surface area contributed by atoms with Gasteiger partial charge >= 0.3 is 0 Å². The number of amides is 2. The molecule has 1 aliphatic heterocycles. The first kappa shape index (κ1) is 14.8. The molecule has 2 aliphatic rings. The van der Waals surface area contributed by atoms with Crippen LogP contribution in [-0.2, 0) is 9.59 Å². The minimum atomic E-state index is -0.622. The molecule has 0 saturated carbocycles. The second-order valence-electron chi connectivity index (χ2n) is 5.86. The van der Waals surface area contributed by atoms with Gasteiger partial charge in [0.05, 0.1) is 5.92 Å². The van der Waals surface area contributed by atoms with Gasteiger partial charge in [-0.25, -0.2) is 4.39 Å². The number of fused-ring (bicyclic) bond motifs is 1. The predicted molar refractivity (Wildman–Crippen MR) is 81.9 cm³/mol. The Bertz CT molecular complexity index is 640. The molecule has 0 aromatic heterocycles. The van der Waals surface area contributed by atoms with Crippen LogP contribution in [-0.4, -0.2) is 18.4 Å². The Morgan fingerprint density at radius 1 is 1.36 bits per heavy atom. The first-order valence-electron chi connectivity index (χ1n) is 7.68. The van der Waals surface area contributed by atoms with E-state index in [9.17, 15) is 14.0 Å². The summed E-state index contributed by atoms with van der Waals surface area (Å²) in [5.74, 6) is -1.45. The third kappa shape index (κ3) is 3.18.